The normalized spacial score (nSPS) is 17.5. The molecule has 1 aromatic carbocycles. The summed E-state index contributed by atoms with van der Waals surface area (Å²) < 4.78 is 10.1. The molecule has 3 nitrogen and oxygen atoms in total. The van der Waals surface area contributed by atoms with Crippen LogP contribution in [-0.2, 0) is 9.53 Å². The van der Waals surface area contributed by atoms with Crippen LogP contribution in [-0.4, -0.2) is 19.5 Å². The number of carbonyl (C=O) groups is 1. The van der Waals surface area contributed by atoms with Gasteiger partial charge in [-0.3, -0.25) is 4.79 Å². The van der Waals surface area contributed by atoms with Crippen LogP contribution < -0.4 is 4.74 Å². The number of hydrogen-bond donors (Lipinski definition) is 0. The summed E-state index contributed by atoms with van der Waals surface area (Å²) in [5, 5.41) is 0. The number of fused-ring (bicyclic) bond motifs is 1. The Bertz CT molecular complexity index is 393. The van der Waals surface area contributed by atoms with Gasteiger partial charge in [-0.1, -0.05) is 18.2 Å². The molecule has 14 heavy (non-hydrogen) atoms. The van der Waals surface area contributed by atoms with E-state index in [1.165, 1.54) is 13.4 Å². The molecule has 1 heterocycles. The Balaban J connectivity index is 2.52. The van der Waals surface area contributed by atoms with Gasteiger partial charge in [0.05, 0.1) is 18.9 Å². The molecule has 0 amide bonds. The lowest BCUT2D eigenvalue weighted by atomic mass is 10.0. The third-order valence-corrected chi connectivity index (χ3v) is 2.07. The molecule has 3 heteroatoms. The Morgan fingerprint density at radius 3 is 3.00 bits per heavy atom. The molecule has 0 N–H and O–H groups in total. The summed E-state index contributed by atoms with van der Waals surface area (Å²) in [7, 11) is 1.53. The lowest BCUT2D eigenvalue weighted by molar-refractivity contribution is -0.116. The second-order valence-corrected chi connectivity index (χ2v) is 2.98. The van der Waals surface area contributed by atoms with Gasteiger partial charge in [0.15, 0.2) is 6.61 Å². The van der Waals surface area contributed by atoms with Gasteiger partial charge in [0.1, 0.15) is 5.75 Å². The average molecular weight is 190 g/mol. The van der Waals surface area contributed by atoms with Crippen LogP contribution in [0.2, 0.25) is 0 Å². The van der Waals surface area contributed by atoms with Crippen molar-refractivity contribution >= 4 is 11.4 Å². The highest BCUT2D eigenvalue weighted by molar-refractivity contribution is 6.22. The zero-order valence-corrected chi connectivity index (χ0v) is 7.82. The first-order chi connectivity index (χ1) is 6.83. The maximum absolute atomic E-state index is 11.5. The largest absolute Gasteiger partial charge is 0.504 e. The molecule has 0 saturated carbocycles. The van der Waals surface area contributed by atoms with Gasteiger partial charge in [-0.05, 0) is 6.07 Å². The van der Waals surface area contributed by atoms with Crippen molar-refractivity contribution in [2.75, 3.05) is 13.7 Å². The van der Waals surface area contributed by atoms with E-state index in [-0.39, 0.29) is 12.4 Å². The molecule has 0 saturated heterocycles. The maximum atomic E-state index is 11.5. The molecule has 0 unspecified atom stereocenters. The Morgan fingerprint density at radius 1 is 1.43 bits per heavy atom. The highest BCUT2D eigenvalue weighted by Crippen LogP contribution is 2.30. The number of ketones is 1. The Kier molecular flexibility index (Phi) is 2.23. The molecule has 0 aromatic heterocycles. The van der Waals surface area contributed by atoms with Crippen LogP contribution in [0, 0.1) is 0 Å². The second kappa shape index (κ2) is 3.54. The van der Waals surface area contributed by atoms with Crippen molar-refractivity contribution in [2.24, 2.45) is 0 Å². The lowest BCUT2D eigenvalue weighted by Crippen LogP contribution is -2.19. The fraction of sp³-hybridized carbons (Fsp3) is 0.182. The van der Waals surface area contributed by atoms with Gasteiger partial charge in [0.2, 0.25) is 5.78 Å². The van der Waals surface area contributed by atoms with Gasteiger partial charge in [-0.15, -0.1) is 0 Å². The smallest absolute Gasteiger partial charge is 0.204 e. The van der Waals surface area contributed by atoms with E-state index in [0.717, 1.165) is 11.3 Å². The minimum Gasteiger partial charge on any atom is -0.504 e. The summed E-state index contributed by atoms with van der Waals surface area (Å²) >= 11 is 0. The first-order valence-corrected chi connectivity index (χ1v) is 4.31. The van der Waals surface area contributed by atoms with Crippen LogP contribution in [0.15, 0.2) is 30.5 Å². The zero-order chi connectivity index (χ0) is 9.97. The lowest BCUT2D eigenvalue weighted by Gasteiger charge is -2.18. The third kappa shape index (κ3) is 1.37. The number of Topliss-reactive ketones (excluding diaryl/α,β-unsaturated/α-hetero) is 1. The van der Waals surface area contributed by atoms with E-state index < -0.39 is 0 Å². The van der Waals surface area contributed by atoms with E-state index in [2.05, 4.69) is 0 Å². The molecule has 0 aliphatic carbocycles. The predicted molar refractivity (Wildman–Crippen MR) is 51.9 cm³/mol. The highest BCUT2D eigenvalue weighted by atomic mass is 16.5. The van der Waals surface area contributed by atoms with Gasteiger partial charge >= 0.3 is 0 Å². The van der Waals surface area contributed by atoms with Crippen LogP contribution in [0.25, 0.3) is 5.57 Å². The summed E-state index contributed by atoms with van der Waals surface area (Å²) in [6.07, 6.45) is 1.46. The van der Waals surface area contributed by atoms with Crippen molar-refractivity contribution in [1.82, 2.24) is 0 Å². The molecule has 0 atom stereocenters. The van der Waals surface area contributed by atoms with Crippen molar-refractivity contribution in [1.29, 1.82) is 0 Å². The predicted octanol–water partition coefficient (Wildman–Crippen LogP) is 1.64. The van der Waals surface area contributed by atoms with Gasteiger partial charge in [-0.2, -0.15) is 0 Å². The number of methoxy groups -OCH3 is 1. The number of para-hydroxylation sites is 1. The SMILES string of the molecule is COC=C1C(=O)COc2ccccc21. The minimum atomic E-state index is -0.0504. The van der Waals surface area contributed by atoms with E-state index in [0.29, 0.717) is 5.57 Å². The number of carbonyl (C=O) groups excluding carboxylic acids is 1. The second-order valence-electron chi connectivity index (χ2n) is 2.98. The first-order valence-electron chi connectivity index (χ1n) is 4.31. The fourth-order valence-corrected chi connectivity index (χ4v) is 1.43. The van der Waals surface area contributed by atoms with Gasteiger partial charge in [-0.25, -0.2) is 0 Å². The molecule has 0 spiro atoms. The highest BCUT2D eigenvalue weighted by Gasteiger charge is 2.22. The van der Waals surface area contributed by atoms with E-state index in [1.54, 1.807) is 0 Å². The maximum Gasteiger partial charge on any atom is 0.204 e. The molecule has 0 radical (unpaired) electrons. The molecule has 2 rings (SSSR count). The molecule has 0 fully saturated rings. The van der Waals surface area contributed by atoms with E-state index >= 15 is 0 Å². The molecule has 72 valence electrons. The van der Waals surface area contributed by atoms with Gasteiger partial charge in [0, 0.05) is 5.56 Å². The van der Waals surface area contributed by atoms with Crippen molar-refractivity contribution in [3.63, 3.8) is 0 Å². The van der Waals surface area contributed by atoms with Crippen LogP contribution >= 0.6 is 0 Å². The topological polar surface area (TPSA) is 35.5 Å². The molecule has 1 aliphatic heterocycles. The van der Waals surface area contributed by atoms with Crippen molar-refractivity contribution in [3.05, 3.63) is 36.1 Å². The monoisotopic (exact) mass is 190 g/mol. The summed E-state index contributed by atoms with van der Waals surface area (Å²) in [5.74, 6) is 0.681. The van der Waals surface area contributed by atoms with E-state index in [1.807, 2.05) is 24.3 Å². The summed E-state index contributed by atoms with van der Waals surface area (Å²) in [5.41, 5.74) is 1.37. The quantitative estimate of drug-likeness (QED) is 0.498. The number of hydrogen-bond acceptors (Lipinski definition) is 3. The van der Waals surface area contributed by atoms with Crippen molar-refractivity contribution < 1.29 is 14.3 Å². The van der Waals surface area contributed by atoms with Crippen LogP contribution in [0.1, 0.15) is 5.56 Å². The zero-order valence-electron chi connectivity index (χ0n) is 7.82. The Hall–Kier alpha value is -1.77. The molecule has 0 bridgehead atoms. The van der Waals surface area contributed by atoms with E-state index in [9.17, 15) is 4.79 Å². The number of benzene rings is 1. The minimum absolute atomic E-state index is 0.0504. The Labute approximate surface area is 81.9 Å². The third-order valence-electron chi connectivity index (χ3n) is 2.07. The molecule has 1 aliphatic rings. The summed E-state index contributed by atoms with van der Waals surface area (Å²) in [4.78, 5) is 11.5. The van der Waals surface area contributed by atoms with Crippen molar-refractivity contribution in [3.8, 4) is 5.75 Å². The van der Waals surface area contributed by atoms with Crippen molar-refractivity contribution in [2.45, 2.75) is 0 Å². The Morgan fingerprint density at radius 2 is 2.21 bits per heavy atom. The number of ether oxygens (including phenoxy) is 2. The fourth-order valence-electron chi connectivity index (χ4n) is 1.43. The van der Waals surface area contributed by atoms with Gasteiger partial charge in [0.25, 0.3) is 0 Å². The molecular formula is C11H10O3. The summed E-state index contributed by atoms with van der Waals surface area (Å²) in [6, 6.07) is 7.42. The number of rotatable bonds is 1. The molecule has 1 aromatic rings. The van der Waals surface area contributed by atoms with Crippen LogP contribution in [0.3, 0.4) is 0 Å². The first kappa shape index (κ1) is 8.81. The summed E-state index contributed by atoms with van der Waals surface area (Å²) in [6.45, 7) is 0.0895. The van der Waals surface area contributed by atoms with Crippen LogP contribution in [0.4, 0.5) is 0 Å². The van der Waals surface area contributed by atoms with Crippen LogP contribution in [0.5, 0.6) is 5.75 Å². The van der Waals surface area contributed by atoms with E-state index in [4.69, 9.17) is 9.47 Å². The average Bonchev–Trinajstić information content (AvgIpc) is 2.23. The van der Waals surface area contributed by atoms with Gasteiger partial charge < -0.3 is 9.47 Å². The standard InChI is InChI=1S/C11H10O3/c1-13-6-9-8-4-2-3-5-11(8)14-7-10(9)12/h2-6H,7H2,1H3. The molecular weight excluding hydrogens is 180 g/mol.